The molecule has 2 aromatic heterocycles. The summed E-state index contributed by atoms with van der Waals surface area (Å²) in [5.74, 6) is 0.577. The zero-order valence-electron chi connectivity index (χ0n) is 11.8. The van der Waals surface area contributed by atoms with Gasteiger partial charge >= 0.3 is 0 Å². The topological polar surface area (TPSA) is 65.1 Å². The lowest BCUT2D eigenvalue weighted by atomic mass is 10.1. The molecule has 0 aliphatic heterocycles. The minimum absolute atomic E-state index is 0.577. The predicted octanol–water partition coefficient (Wildman–Crippen LogP) is 1.43. The minimum atomic E-state index is -0.769. The number of hydrogen-bond donors (Lipinski definition) is 1. The van der Waals surface area contributed by atoms with Gasteiger partial charge in [0, 0.05) is 25.4 Å². The summed E-state index contributed by atoms with van der Waals surface area (Å²) in [6.07, 6.45) is 3.79. The van der Waals surface area contributed by atoms with E-state index in [-0.39, 0.29) is 0 Å². The summed E-state index contributed by atoms with van der Waals surface area (Å²) >= 11 is 0. The SMILES string of the molecule is CCCn1cc(C(O)c2c(C)nn(C)c2OC)cn1. The standard InChI is InChI=1S/C13H20N4O2/c1-5-6-17-8-10(7-14-17)12(18)11-9(2)15-16(3)13(11)19-4/h7-8,12,18H,5-6H2,1-4H3. The number of aryl methyl sites for hydroxylation is 3. The molecule has 0 radical (unpaired) electrons. The maximum atomic E-state index is 10.5. The van der Waals surface area contributed by atoms with E-state index in [0.29, 0.717) is 11.4 Å². The number of rotatable bonds is 5. The van der Waals surface area contributed by atoms with E-state index in [9.17, 15) is 5.11 Å². The Bertz CT molecular complexity index is 559. The molecule has 1 unspecified atom stereocenters. The molecule has 6 heteroatoms. The number of hydrogen-bond acceptors (Lipinski definition) is 4. The Morgan fingerprint density at radius 2 is 2.21 bits per heavy atom. The van der Waals surface area contributed by atoms with Gasteiger partial charge in [-0.3, -0.25) is 4.68 Å². The van der Waals surface area contributed by atoms with Crippen molar-refractivity contribution in [1.82, 2.24) is 19.6 Å². The fraction of sp³-hybridized carbons (Fsp3) is 0.538. The van der Waals surface area contributed by atoms with Crippen LogP contribution in [0.2, 0.25) is 0 Å². The fourth-order valence-corrected chi connectivity index (χ4v) is 2.25. The van der Waals surface area contributed by atoms with Crippen LogP contribution in [0.1, 0.15) is 36.3 Å². The van der Waals surface area contributed by atoms with Crippen LogP contribution in [0, 0.1) is 6.92 Å². The van der Waals surface area contributed by atoms with Crippen molar-refractivity contribution in [3.63, 3.8) is 0 Å². The van der Waals surface area contributed by atoms with E-state index < -0.39 is 6.10 Å². The van der Waals surface area contributed by atoms with E-state index in [1.165, 1.54) is 0 Å². The lowest BCUT2D eigenvalue weighted by molar-refractivity contribution is 0.212. The molecule has 6 nitrogen and oxygen atoms in total. The average molecular weight is 264 g/mol. The van der Waals surface area contributed by atoms with E-state index in [4.69, 9.17) is 4.74 Å². The average Bonchev–Trinajstić information content (AvgIpc) is 2.93. The summed E-state index contributed by atoms with van der Waals surface area (Å²) in [5.41, 5.74) is 2.21. The van der Waals surface area contributed by atoms with Gasteiger partial charge in [0.2, 0.25) is 5.88 Å². The van der Waals surface area contributed by atoms with Crippen LogP contribution in [0.25, 0.3) is 0 Å². The lowest BCUT2D eigenvalue weighted by Crippen LogP contribution is -2.03. The molecule has 0 aromatic carbocycles. The molecule has 2 heterocycles. The Morgan fingerprint density at radius 1 is 1.47 bits per heavy atom. The van der Waals surface area contributed by atoms with Crippen molar-refractivity contribution in [2.75, 3.05) is 7.11 Å². The smallest absolute Gasteiger partial charge is 0.217 e. The molecular weight excluding hydrogens is 244 g/mol. The molecule has 0 amide bonds. The molecule has 0 saturated heterocycles. The van der Waals surface area contributed by atoms with Crippen molar-refractivity contribution in [2.24, 2.45) is 7.05 Å². The first-order valence-electron chi connectivity index (χ1n) is 6.36. The Morgan fingerprint density at radius 3 is 2.84 bits per heavy atom. The summed E-state index contributed by atoms with van der Waals surface area (Å²) < 4.78 is 8.77. The number of nitrogens with zero attached hydrogens (tertiary/aromatic N) is 4. The summed E-state index contributed by atoms with van der Waals surface area (Å²) in [6.45, 7) is 4.79. The summed E-state index contributed by atoms with van der Waals surface area (Å²) in [6, 6.07) is 0. The first-order valence-corrected chi connectivity index (χ1v) is 6.36. The van der Waals surface area contributed by atoms with Crippen molar-refractivity contribution in [1.29, 1.82) is 0 Å². The van der Waals surface area contributed by atoms with Gasteiger partial charge in [0.25, 0.3) is 0 Å². The van der Waals surface area contributed by atoms with Gasteiger partial charge in [-0.2, -0.15) is 10.2 Å². The van der Waals surface area contributed by atoms with E-state index in [1.807, 2.05) is 17.8 Å². The highest BCUT2D eigenvalue weighted by molar-refractivity contribution is 5.38. The maximum Gasteiger partial charge on any atom is 0.217 e. The van der Waals surface area contributed by atoms with Crippen molar-refractivity contribution in [3.8, 4) is 5.88 Å². The summed E-state index contributed by atoms with van der Waals surface area (Å²) in [4.78, 5) is 0. The molecule has 0 aliphatic carbocycles. The molecule has 0 fully saturated rings. The number of ether oxygens (including phenoxy) is 1. The zero-order valence-corrected chi connectivity index (χ0v) is 11.8. The van der Waals surface area contributed by atoms with Crippen LogP contribution < -0.4 is 4.74 Å². The molecule has 1 atom stereocenters. The van der Waals surface area contributed by atoms with Crippen molar-refractivity contribution >= 4 is 0 Å². The summed E-state index contributed by atoms with van der Waals surface area (Å²) in [7, 11) is 3.37. The second kappa shape index (κ2) is 5.44. The van der Waals surface area contributed by atoms with E-state index in [1.54, 1.807) is 25.0 Å². The van der Waals surface area contributed by atoms with Crippen molar-refractivity contribution in [2.45, 2.75) is 32.9 Å². The van der Waals surface area contributed by atoms with Crippen LogP contribution >= 0.6 is 0 Å². The van der Waals surface area contributed by atoms with E-state index >= 15 is 0 Å². The normalized spacial score (nSPS) is 12.7. The van der Waals surface area contributed by atoms with Crippen LogP contribution in [0.15, 0.2) is 12.4 Å². The Hall–Kier alpha value is -1.82. The van der Waals surface area contributed by atoms with Gasteiger partial charge in [-0.05, 0) is 13.3 Å². The molecule has 19 heavy (non-hydrogen) atoms. The van der Waals surface area contributed by atoms with Gasteiger partial charge < -0.3 is 9.84 Å². The van der Waals surface area contributed by atoms with Gasteiger partial charge in [-0.1, -0.05) is 6.92 Å². The second-order valence-corrected chi connectivity index (χ2v) is 4.57. The highest BCUT2D eigenvalue weighted by Crippen LogP contribution is 2.31. The third-order valence-corrected chi connectivity index (χ3v) is 3.10. The Kier molecular flexibility index (Phi) is 3.90. The van der Waals surface area contributed by atoms with Crippen molar-refractivity contribution < 1.29 is 9.84 Å². The molecule has 2 rings (SSSR count). The fourth-order valence-electron chi connectivity index (χ4n) is 2.25. The van der Waals surface area contributed by atoms with Crippen LogP contribution in [0.3, 0.4) is 0 Å². The van der Waals surface area contributed by atoms with Gasteiger partial charge in [0.1, 0.15) is 6.10 Å². The number of aromatic nitrogens is 4. The largest absolute Gasteiger partial charge is 0.481 e. The Balaban J connectivity index is 2.35. The van der Waals surface area contributed by atoms with E-state index in [2.05, 4.69) is 17.1 Å². The maximum absolute atomic E-state index is 10.5. The third kappa shape index (κ3) is 2.49. The molecule has 1 N–H and O–H groups in total. The predicted molar refractivity (Wildman–Crippen MR) is 71.1 cm³/mol. The molecular formula is C13H20N4O2. The number of aliphatic hydroxyl groups is 1. The molecule has 0 saturated carbocycles. The summed E-state index contributed by atoms with van der Waals surface area (Å²) in [5, 5.41) is 19.0. The quantitative estimate of drug-likeness (QED) is 0.887. The van der Waals surface area contributed by atoms with E-state index in [0.717, 1.165) is 24.2 Å². The van der Waals surface area contributed by atoms with Gasteiger partial charge in [-0.25, -0.2) is 4.68 Å². The minimum Gasteiger partial charge on any atom is -0.481 e. The lowest BCUT2D eigenvalue weighted by Gasteiger charge is -2.10. The number of aliphatic hydroxyl groups excluding tert-OH is 1. The Labute approximate surface area is 112 Å². The third-order valence-electron chi connectivity index (χ3n) is 3.10. The van der Waals surface area contributed by atoms with Crippen LogP contribution in [0.5, 0.6) is 5.88 Å². The molecule has 104 valence electrons. The molecule has 0 aliphatic rings. The highest BCUT2D eigenvalue weighted by Gasteiger charge is 2.23. The molecule has 0 bridgehead atoms. The van der Waals surface area contributed by atoms with Crippen molar-refractivity contribution in [3.05, 3.63) is 29.2 Å². The first kappa shape index (κ1) is 13.6. The van der Waals surface area contributed by atoms with Crippen LogP contribution in [-0.2, 0) is 13.6 Å². The second-order valence-electron chi connectivity index (χ2n) is 4.57. The van der Waals surface area contributed by atoms with Gasteiger partial charge in [0.05, 0.1) is 24.6 Å². The molecule has 2 aromatic rings. The number of methoxy groups -OCH3 is 1. The van der Waals surface area contributed by atoms with Gasteiger partial charge in [-0.15, -0.1) is 0 Å². The van der Waals surface area contributed by atoms with Crippen LogP contribution in [-0.4, -0.2) is 31.8 Å². The van der Waals surface area contributed by atoms with Crippen LogP contribution in [0.4, 0.5) is 0 Å². The van der Waals surface area contributed by atoms with Gasteiger partial charge in [0.15, 0.2) is 0 Å². The monoisotopic (exact) mass is 264 g/mol. The molecule has 0 spiro atoms. The zero-order chi connectivity index (χ0) is 14.0. The highest BCUT2D eigenvalue weighted by atomic mass is 16.5. The first-order chi connectivity index (χ1) is 9.08.